The number of nitrogens with zero attached hydrogens (tertiary/aromatic N) is 1. The molecule has 1 aliphatic carbocycles. The Morgan fingerprint density at radius 1 is 1.29 bits per heavy atom. The van der Waals surface area contributed by atoms with Gasteiger partial charge in [0.15, 0.2) is 0 Å². The lowest BCUT2D eigenvalue weighted by atomic mass is 10.2. The van der Waals surface area contributed by atoms with Gasteiger partial charge in [-0.15, -0.1) is 0 Å². The molecule has 0 bridgehead atoms. The largest absolute Gasteiger partial charge is 0.395 e. The van der Waals surface area contributed by atoms with E-state index < -0.39 is 0 Å². The summed E-state index contributed by atoms with van der Waals surface area (Å²) < 4.78 is 0. The van der Waals surface area contributed by atoms with Gasteiger partial charge in [-0.05, 0) is 39.4 Å². The number of nitrogens with one attached hydrogen (secondary N) is 1. The minimum absolute atomic E-state index is 0.248. The van der Waals surface area contributed by atoms with Gasteiger partial charge in [-0.2, -0.15) is 0 Å². The van der Waals surface area contributed by atoms with E-state index in [-0.39, 0.29) is 6.61 Å². The molecule has 1 fully saturated rings. The second-order valence-corrected chi connectivity index (χ2v) is 4.25. The topological polar surface area (TPSA) is 35.5 Å². The van der Waals surface area contributed by atoms with E-state index in [4.69, 9.17) is 5.11 Å². The fourth-order valence-corrected chi connectivity index (χ4v) is 2.19. The van der Waals surface area contributed by atoms with Crippen molar-refractivity contribution in [3.05, 3.63) is 0 Å². The van der Waals surface area contributed by atoms with E-state index in [0.717, 1.165) is 19.1 Å². The second-order valence-electron chi connectivity index (χ2n) is 4.25. The average Bonchev–Trinajstić information content (AvgIpc) is 2.70. The van der Waals surface area contributed by atoms with Crippen molar-refractivity contribution in [3.8, 4) is 0 Å². The van der Waals surface area contributed by atoms with Crippen LogP contribution in [0.2, 0.25) is 0 Å². The SMILES string of the molecule is CN(CCCNCCO)C1CCCC1. The quantitative estimate of drug-likeness (QED) is 0.598. The van der Waals surface area contributed by atoms with Crippen LogP contribution < -0.4 is 5.32 Å². The summed E-state index contributed by atoms with van der Waals surface area (Å²) in [6.45, 7) is 3.19. The Morgan fingerprint density at radius 2 is 2.00 bits per heavy atom. The van der Waals surface area contributed by atoms with Crippen LogP contribution in [-0.4, -0.2) is 49.3 Å². The molecule has 0 unspecified atom stereocenters. The van der Waals surface area contributed by atoms with Crippen molar-refractivity contribution in [2.75, 3.05) is 33.3 Å². The first-order valence-electron chi connectivity index (χ1n) is 5.86. The van der Waals surface area contributed by atoms with Gasteiger partial charge in [0.25, 0.3) is 0 Å². The number of hydrogen-bond acceptors (Lipinski definition) is 3. The third kappa shape index (κ3) is 4.40. The highest BCUT2D eigenvalue weighted by atomic mass is 16.3. The van der Waals surface area contributed by atoms with E-state index in [1.54, 1.807) is 0 Å². The molecular formula is C11H24N2O. The second kappa shape index (κ2) is 7.21. The van der Waals surface area contributed by atoms with E-state index in [1.165, 1.54) is 38.6 Å². The summed E-state index contributed by atoms with van der Waals surface area (Å²) in [5, 5.41) is 11.8. The fraction of sp³-hybridized carbons (Fsp3) is 1.00. The Hall–Kier alpha value is -0.120. The Labute approximate surface area is 87.5 Å². The first-order chi connectivity index (χ1) is 6.84. The van der Waals surface area contributed by atoms with Crippen LogP contribution in [0.5, 0.6) is 0 Å². The van der Waals surface area contributed by atoms with Crippen LogP contribution in [0.3, 0.4) is 0 Å². The Bertz CT molecular complexity index is 135. The summed E-state index contributed by atoms with van der Waals surface area (Å²) in [7, 11) is 2.24. The fourth-order valence-electron chi connectivity index (χ4n) is 2.19. The van der Waals surface area contributed by atoms with Gasteiger partial charge in [-0.1, -0.05) is 12.8 Å². The van der Waals surface area contributed by atoms with Crippen molar-refractivity contribution in [2.45, 2.75) is 38.1 Å². The molecule has 3 nitrogen and oxygen atoms in total. The molecule has 14 heavy (non-hydrogen) atoms. The number of rotatable bonds is 7. The molecule has 0 radical (unpaired) electrons. The van der Waals surface area contributed by atoms with Gasteiger partial charge in [-0.25, -0.2) is 0 Å². The molecule has 0 amide bonds. The van der Waals surface area contributed by atoms with Crippen LogP contribution >= 0.6 is 0 Å². The molecule has 0 spiro atoms. The molecule has 0 aromatic carbocycles. The summed E-state index contributed by atoms with van der Waals surface area (Å²) in [4.78, 5) is 2.49. The molecule has 2 N–H and O–H groups in total. The monoisotopic (exact) mass is 200 g/mol. The smallest absolute Gasteiger partial charge is 0.0555 e. The highest BCUT2D eigenvalue weighted by Gasteiger charge is 2.18. The van der Waals surface area contributed by atoms with Crippen molar-refractivity contribution in [1.29, 1.82) is 0 Å². The number of hydrogen-bond donors (Lipinski definition) is 2. The molecule has 0 aromatic rings. The molecule has 0 saturated heterocycles. The molecule has 1 rings (SSSR count). The lowest BCUT2D eigenvalue weighted by Crippen LogP contribution is -2.32. The third-order valence-corrected chi connectivity index (χ3v) is 3.10. The molecule has 0 heterocycles. The summed E-state index contributed by atoms with van der Waals surface area (Å²) in [5.41, 5.74) is 0. The van der Waals surface area contributed by atoms with Crippen LogP contribution in [0.4, 0.5) is 0 Å². The van der Waals surface area contributed by atoms with Crippen LogP contribution in [0.15, 0.2) is 0 Å². The summed E-state index contributed by atoms with van der Waals surface area (Å²) in [6.07, 6.45) is 6.80. The van der Waals surface area contributed by atoms with Gasteiger partial charge in [0.1, 0.15) is 0 Å². The zero-order valence-corrected chi connectivity index (χ0v) is 9.34. The van der Waals surface area contributed by atoms with Crippen LogP contribution in [0.1, 0.15) is 32.1 Å². The number of aliphatic hydroxyl groups excluding tert-OH is 1. The Kier molecular flexibility index (Phi) is 6.15. The van der Waals surface area contributed by atoms with E-state index in [2.05, 4.69) is 17.3 Å². The summed E-state index contributed by atoms with van der Waals surface area (Å²) in [5.74, 6) is 0. The predicted octanol–water partition coefficient (Wildman–Crippen LogP) is 0.833. The molecule has 84 valence electrons. The molecule has 1 saturated carbocycles. The molecule has 0 atom stereocenters. The molecular weight excluding hydrogens is 176 g/mol. The van der Waals surface area contributed by atoms with Crippen LogP contribution in [0, 0.1) is 0 Å². The summed E-state index contributed by atoms with van der Waals surface area (Å²) >= 11 is 0. The van der Waals surface area contributed by atoms with Crippen molar-refractivity contribution in [2.24, 2.45) is 0 Å². The van der Waals surface area contributed by atoms with Crippen molar-refractivity contribution >= 4 is 0 Å². The van der Waals surface area contributed by atoms with Crippen molar-refractivity contribution in [3.63, 3.8) is 0 Å². The molecule has 1 aliphatic rings. The molecule has 3 heteroatoms. The van der Waals surface area contributed by atoms with E-state index in [1.807, 2.05) is 0 Å². The lowest BCUT2D eigenvalue weighted by molar-refractivity contribution is 0.239. The van der Waals surface area contributed by atoms with Gasteiger partial charge in [0, 0.05) is 12.6 Å². The maximum Gasteiger partial charge on any atom is 0.0555 e. The molecule has 0 aliphatic heterocycles. The first-order valence-corrected chi connectivity index (χ1v) is 5.86. The van der Waals surface area contributed by atoms with Gasteiger partial charge < -0.3 is 15.3 Å². The van der Waals surface area contributed by atoms with Crippen LogP contribution in [-0.2, 0) is 0 Å². The summed E-state index contributed by atoms with van der Waals surface area (Å²) in [6, 6.07) is 0.841. The highest BCUT2D eigenvalue weighted by molar-refractivity contribution is 4.75. The maximum atomic E-state index is 8.57. The standard InChI is InChI=1S/C11H24N2O/c1-13(11-5-2-3-6-11)9-4-7-12-8-10-14/h11-12,14H,2-10H2,1H3. The predicted molar refractivity (Wildman–Crippen MR) is 59.5 cm³/mol. The Balaban J connectivity index is 1.94. The minimum atomic E-state index is 0.248. The first kappa shape index (κ1) is 12.0. The van der Waals surface area contributed by atoms with Crippen LogP contribution in [0.25, 0.3) is 0 Å². The van der Waals surface area contributed by atoms with Crippen molar-refractivity contribution in [1.82, 2.24) is 10.2 Å². The Morgan fingerprint density at radius 3 is 2.64 bits per heavy atom. The normalized spacial score (nSPS) is 18.2. The van der Waals surface area contributed by atoms with E-state index in [9.17, 15) is 0 Å². The van der Waals surface area contributed by atoms with Gasteiger partial charge in [0.05, 0.1) is 6.61 Å². The third-order valence-electron chi connectivity index (χ3n) is 3.10. The van der Waals surface area contributed by atoms with Gasteiger partial charge in [0.2, 0.25) is 0 Å². The lowest BCUT2D eigenvalue weighted by Gasteiger charge is -2.23. The maximum absolute atomic E-state index is 8.57. The zero-order valence-electron chi connectivity index (χ0n) is 9.34. The zero-order chi connectivity index (χ0) is 10.2. The number of aliphatic hydroxyl groups is 1. The average molecular weight is 200 g/mol. The van der Waals surface area contributed by atoms with Gasteiger partial charge in [-0.3, -0.25) is 0 Å². The molecule has 0 aromatic heterocycles. The van der Waals surface area contributed by atoms with E-state index in [0.29, 0.717) is 0 Å². The van der Waals surface area contributed by atoms with Crippen molar-refractivity contribution < 1.29 is 5.11 Å². The van der Waals surface area contributed by atoms with Gasteiger partial charge >= 0.3 is 0 Å². The highest BCUT2D eigenvalue weighted by Crippen LogP contribution is 2.22. The van der Waals surface area contributed by atoms with E-state index >= 15 is 0 Å². The minimum Gasteiger partial charge on any atom is -0.395 e.